The van der Waals surface area contributed by atoms with Gasteiger partial charge in [-0.15, -0.1) is 0 Å². The molecule has 0 aliphatic heterocycles. The Labute approximate surface area is 115 Å². The van der Waals surface area contributed by atoms with E-state index in [1.54, 1.807) is 12.1 Å². The second-order valence-corrected chi connectivity index (χ2v) is 5.87. The minimum atomic E-state index is -0.573. The maximum Gasteiger partial charge on any atom is 0.127 e. The average molecular weight is 269 g/mol. The Balaban J connectivity index is 2.39. The standard InChI is InChI=1S/C15H24FNO2/c1-15(2,3)19-11-13(18)10-17(4)9-12-7-5-6-8-14(12)16/h5-8,13,18H,9-11H2,1-4H3. The Morgan fingerprint density at radius 1 is 1.32 bits per heavy atom. The van der Waals surface area contributed by atoms with Crippen LogP contribution in [0.15, 0.2) is 24.3 Å². The van der Waals surface area contributed by atoms with Crippen molar-refractivity contribution in [3.05, 3.63) is 35.6 Å². The summed E-state index contributed by atoms with van der Waals surface area (Å²) in [6.45, 7) is 7.04. The number of rotatable bonds is 6. The van der Waals surface area contributed by atoms with Gasteiger partial charge in [0.1, 0.15) is 5.82 Å². The molecule has 0 heterocycles. The lowest BCUT2D eigenvalue weighted by atomic mass is 10.2. The molecule has 0 amide bonds. The maximum atomic E-state index is 13.5. The van der Waals surface area contributed by atoms with Gasteiger partial charge < -0.3 is 9.84 Å². The molecule has 0 spiro atoms. The highest BCUT2D eigenvalue weighted by atomic mass is 19.1. The van der Waals surface area contributed by atoms with Crippen LogP contribution >= 0.6 is 0 Å². The van der Waals surface area contributed by atoms with Crippen molar-refractivity contribution in [1.82, 2.24) is 4.90 Å². The van der Waals surface area contributed by atoms with E-state index in [2.05, 4.69) is 0 Å². The van der Waals surface area contributed by atoms with E-state index in [-0.39, 0.29) is 18.0 Å². The van der Waals surface area contributed by atoms with E-state index < -0.39 is 6.10 Å². The predicted octanol–water partition coefficient (Wildman–Crippen LogP) is 2.43. The van der Waals surface area contributed by atoms with Gasteiger partial charge in [0, 0.05) is 18.7 Å². The molecule has 0 radical (unpaired) electrons. The fraction of sp³-hybridized carbons (Fsp3) is 0.600. The van der Waals surface area contributed by atoms with Crippen molar-refractivity contribution < 1.29 is 14.2 Å². The number of halogens is 1. The Hall–Kier alpha value is -0.970. The number of aliphatic hydroxyl groups is 1. The molecule has 0 saturated heterocycles. The topological polar surface area (TPSA) is 32.7 Å². The molecule has 3 nitrogen and oxygen atoms in total. The van der Waals surface area contributed by atoms with Crippen LogP contribution in [0.1, 0.15) is 26.3 Å². The van der Waals surface area contributed by atoms with Crippen molar-refractivity contribution in [3.8, 4) is 0 Å². The average Bonchev–Trinajstić information content (AvgIpc) is 2.29. The van der Waals surface area contributed by atoms with Crippen molar-refractivity contribution in [1.29, 1.82) is 0 Å². The molecule has 19 heavy (non-hydrogen) atoms. The van der Waals surface area contributed by atoms with Crippen molar-refractivity contribution in [2.24, 2.45) is 0 Å². The van der Waals surface area contributed by atoms with Gasteiger partial charge in [-0.25, -0.2) is 4.39 Å². The SMILES string of the molecule is CN(Cc1ccccc1F)CC(O)COC(C)(C)C. The zero-order valence-corrected chi connectivity index (χ0v) is 12.2. The largest absolute Gasteiger partial charge is 0.389 e. The van der Waals surface area contributed by atoms with Gasteiger partial charge in [-0.3, -0.25) is 4.90 Å². The molecule has 1 aromatic carbocycles. The molecule has 1 aromatic rings. The molecule has 0 saturated carbocycles. The minimum Gasteiger partial charge on any atom is -0.389 e. The van der Waals surface area contributed by atoms with Crippen molar-refractivity contribution in [2.45, 2.75) is 39.0 Å². The minimum absolute atomic E-state index is 0.213. The molecule has 0 fully saturated rings. The van der Waals surface area contributed by atoms with Crippen LogP contribution in [0.25, 0.3) is 0 Å². The molecular weight excluding hydrogens is 245 g/mol. The summed E-state index contributed by atoms with van der Waals surface area (Å²) in [5.74, 6) is -0.213. The van der Waals surface area contributed by atoms with Crippen LogP contribution in [-0.4, -0.2) is 41.9 Å². The molecule has 1 rings (SSSR count). The van der Waals surface area contributed by atoms with Crippen LogP contribution in [0.3, 0.4) is 0 Å². The summed E-state index contributed by atoms with van der Waals surface area (Å²) >= 11 is 0. The van der Waals surface area contributed by atoms with Crippen molar-refractivity contribution >= 4 is 0 Å². The van der Waals surface area contributed by atoms with Crippen molar-refractivity contribution in [2.75, 3.05) is 20.2 Å². The number of benzene rings is 1. The van der Waals surface area contributed by atoms with E-state index in [9.17, 15) is 9.50 Å². The lowest BCUT2D eigenvalue weighted by Crippen LogP contribution is -2.34. The van der Waals surface area contributed by atoms with Crippen LogP contribution in [0, 0.1) is 5.82 Å². The number of likely N-dealkylation sites (N-methyl/N-ethyl adjacent to an activating group) is 1. The second-order valence-electron chi connectivity index (χ2n) is 5.87. The molecular formula is C15H24FNO2. The van der Waals surface area contributed by atoms with E-state index in [0.29, 0.717) is 18.7 Å². The lowest BCUT2D eigenvalue weighted by molar-refractivity contribution is -0.0551. The molecule has 0 bridgehead atoms. The number of ether oxygens (including phenoxy) is 1. The summed E-state index contributed by atoms with van der Waals surface area (Å²) in [7, 11) is 1.85. The van der Waals surface area contributed by atoms with E-state index in [1.807, 2.05) is 38.8 Å². The maximum absolute atomic E-state index is 13.5. The smallest absolute Gasteiger partial charge is 0.127 e. The monoisotopic (exact) mass is 269 g/mol. The van der Waals surface area contributed by atoms with E-state index >= 15 is 0 Å². The third kappa shape index (κ3) is 6.66. The lowest BCUT2D eigenvalue weighted by Gasteiger charge is -2.25. The highest BCUT2D eigenvalue weighted by Gasteiger charge is 2.15. The zero-order valence-electron chi connectivity index (χ0n) is 12.2. The number of nitrogens with zero attached hydrogens (tertiary/aromatic N) is 1. The van der Waals surface area contributed by atoms with Gasteiger partial charge in [-0.1, -0.05) is 18.2 Å². The Bertz CT molecular complexity index is 390. The Morgan fingerprint density at radius 2 is 1.95 bits per heavy atom. The van der Waals surface area contributed by atoms with Gasteiger partial charge in [-0.05, 0) is 33.9 Å². The quantitative estimate of drug-likeness (QED) is 0.861. The number of aliphatic hydroxyl groups excluding tert-OH is 1. The van der Waals surface area contributed by atoms with Crippen LogP contribution in [0.2, 0.25) is 0 Å². The normalized spacial score (nSPS) is 13.8. The van der Waals surface area contributed by atoms with Crippen LogP contribution in [0.4, 0.5) is 4.39 Å². The zero-order chi connectivity index (χ0) is 14.5. The first-order chi connectivity index (χ1) is 8.78. The third-order valence-electron chi connectivity index (χ3n) is 2.63. The molecule has 1 atom stereocenters. The number of hydrogen-bond acceptors (Lipinski definition) is 3. The molecule has 1 unspecified atom stereocenters. The summed E-state index contributed by atoms with van der Waals surface area (Å²) in [4.78, 5) is 1.88. The molecule has 1 N–H and O–H groups in total. The Kier molecular flexibility index (Phi) is 5.91. The first kappa shape index (κ1) is 16.1. The van der Waals surface area contributed by atoms with E-state index in [4.69, 9.17) is 4.74 Å². The second kappa shape index (κ2) is 6.98. The first-order valence-corrected chi connectivity index (χ1v) is 6.52. The van der Waals surface area contributed by atoms with Crippen molar-refractivity contribution in [3.63, 3.8) is 0 Å². The van der Waals surface area contributed by atoms with Gasteiger partial charge >= 0.3 is 0 Å². The predicted molar refractivity (Wildman–Crippen MR) is 74.4 cm³/mol. The molecule has 0 aliphatic carbocycles. The first-order valence-electron chi connectivity index (χ1n) is 6.52. The van der Waals surface area contributed by atoms with E-state index in [1.165, 1.54) is 6.07 Å². The van der Waals surface area contributed by atoms with Crippen LogP contribution in [-0.2, 0) is 11.3 Å². The highest BCUT2D eigenvalue weighted by Crippen LogP contribution is 2.10. The molecule has 0 aliphatic rings. The van der Waals surface area contributed by atoms with Crippen LogP contribution < -0.4 is 0 Å². The van der Waals surface area contributed by atoms with E-state index in [0.717, 1.165) is 0 Å². The van der Waals surface area contributed by atoms with Gasteiger partial charge in [0.25, 0.3) is 0 Å². The molecule has 4 heteroatoms. The Morgan fingerprint density at radius 3 is 2.53 bits per heavy atom. The molecule has 0 aromatic heterocycles. The number of hydrogen-bond donors (Lipinski definition) is 1. The van der Waals surface area contributed by atoms with Gasteiger partial charge in [0.15, 0.2) is 0 Å². The van der Waals surface area contributed by atoms with Gasteiger partial charge in [0.2, 0.25) is 0 Å². The highest BCUT2D eigenvalue weighted by molar-refractivity contribution is 5.16. The fourth-order valence-electron chi connectivity index (χ4n) is 1.74. The third-order valence-corrected chi connectivity index (χ3v) is 2.63. The summed E-state index contributed by atoms with van der Waals surface area (Å²) < 4.78 is 19.0. The van der Waals surface area contributed by atoms with Crippen LogP contribution in [0.5, 0.6) is 0 Å². The summed E-state index contributed by atoms with van der Waals surface area (Å²) in [5, 5.41) is 9.87. The van der Waals surface area contributed by atoms with Gasteiger partial charge in [-0.2, -0.15) is 0 Å². The fourth-order valence-corrected chi connectivity index (χ4v) is 1.74. The summed E-state index contributed by atoms with van der Waals surface area (Å²) in [6.07, 6.45) is -0.573. The van der Waals surface area contributed by atoms with Gasteiger partial charge in [0.05, 0.1) is 18.3 Å². The summed E-state index contributed by atoms with van der Waals surface area (Å²) in [6, 6.07) is 6.68. The summed E-state index contributed by atoms with van der Waals surface area (Å²) in [5.41, 5.74) is 0.374. The molecule has 108 valence electrons.